The van der Waals surface area contributed by atoms with E-state index in [4.69, 9.17) is 4.74 Å². The predicted octanol–water partition coefficient (Wildman–Crippen LogP) is 4.77. The van der Waals surface area contributed by atoms with Crippen LogP contribution in [0.5, 0.6) is 5.75 Å². The molecule has 2 aliphatic heterocycles. The Bertz CT molecular complexity index is 1190. The molecule has 3 aromatic rings. The Morgan fingerprint density at radius 3 is 2.58 bits per heavy atom. The van der Waals surface area contributed by atoms with Gasteiger partial charge in [-0.25, -0.2) is 0 Å². The highest BCUT2D eigenvalue weighted by molar-refractivity contribution is 6.12. The van der Waals surface area contributed by atoms with Crippen molar-refractivity contribution in [2.24, 2.45) is 0 Å². The van der Waals surface area contributed by atoms with Crippen molar-refractivity contribution in [1.29, 1.82) is 0 Å². The number of hydrogen-bond donors (Lipinski definition) is 1. The Morgan fingerprint density at radius 2 is 1.76 bits per heavy atom. The lowest BCUT2D eigenvalue weighted by Crippen LogP contribution is -2.43. The molecule has 2 amide bonds. The summed E-state index contributed by atoms with van der Waals surface area (Å²) in [6, 6.07) is 23.0. The average molecular weight is 442 g/mol. The first kappa shape index (κ1) is 21.1. The van der Waals surface area contributed by atoms with Crippen molar-refractivity contribution in [2.45, 2.75) is 25.9 Å². The summed E-state index contributed by atoms with van der Waals surface area (Å²) in [6.07, 6.45) is 1.61. The first-order valence-electron chi connectivity index (χ1n) is 11.4. The molecule has 0 radical (unpaired) electrons. The number of aryl methyl sites for hydroxylation is 1. The SMILES string of the molecule is Cc1cccc(N2C(=O)c3ccccc3NC2c2ccccc2OCC(=O)N2CCCC2)c1. The van der Waals surface area contributed by atoms with Gasteiger partial charge in [-0.3, -0.25) is 14.5 Å². The molecule has 1 unspecified atom stereocenters. The number of likely N-dealkylation sites (tertiary alicyclic amines) is 1. The van der Waals surface area contributed by atoms with Crippen LogP contribution in [0.1, 0.15) is 40.5 Å². The molecule has 1 saturated heterocycles. The lowest BCUT2D eigenvalue weighted by Gasteiger charge is -2.38. The molecule has 33 heavy (non-hydrogen) atoms. The monoisotopic (exact) mass is 441 g/mol. The smallest absolute Gasteiger partial charge is 0.262 e. The van der Waals surface area contributed by atoms with Crippen LogP contribution in [0.2, 0.25) is 0 Å². The second-order valence-electron chi connectivity index (χ2n) is 8.52. The standard InChI is InChI=1S/C27H27N3O3/c1-19-9-8-10-20(17-19)30-26(28-23-13-4-2-11-21(23)27(30)32)22-12-3-5-14-24(22)33-18-25(31)29-15-6-7-16-29/h2-5,8-14,17,26,28H,6-7,15-16,18H2,1H3. The molecule has 0 saturated carbocycles. The molecule has 0 aliphatic carbocycles. The Labute approximate surface area is 193 Å². The van der Waals surface area contributed by atoms with Gasteiger partial charge in [-0.2, -0.15) is 0 Å². The quantitative estimate of drug-likeness (QED) is 0.620. The van der Waals surface area contributed by atoms with Crippen molar-refractivity contribution in [3.63, 3.8) is 0 Å². The molecule has 2 heterocycles. The summed E-state index contributed by atoms with van der Waals surface area (Å²) in [5.41, 5.74) is 4.07. The predicted molar refractivity (Wildman–Crippen MR) is 129 cm³/mol. The van der Waals surface area contributed by atoms with Gasteiger partial charge in [0.25, 0.3) is 11.8 Å². The van der Waals surface area contributed by atoms with E-state index in [-0.39, 0.29) is 18.4 Å². The molecule has 168 valence electrons. The summed E-state index contributed by atoms with van der Waals surface area (Å²) in [4.78, 5) is 29.8. The summed E-state index contributed by atoms with van der Waals surface area (Å²) in [6.45, 7) is 3.58. The number of nitrogens with one attached hydrogen (secondary N) is 1. The van der Waals surface area contributed by atoms with Gasteiger partial charge >= 0.3 is 0 Å². The third-order valence-corrected chi connectivity index (χ3v) is 6.23. The third-order valence-electron chi connectivity index (χ3n) is 6.23. The maximum absolute atomic E-state index is 13.6. The number of fused-ring (bicyclic) bond motifs is 1. The first-order chi connectivity index (χ1) is 16.1. The van der Waals surface area contributed by atoms with Gasteiger partial charge in [0.2, 0.25) is 0 Å². The molecule has 1 N–H and O–H groups in total. The number of para-hydroxylation sites is 2. The fourth-order valence-electron chi connectivity index (χ4n) is 4.55. The normalized spacial score (nSPS) is 17.5. The molecule has 5 rings (SSSR count). The summed E-state index contributed by atoms with van der Waals surface area (Å²) in [5.74, 6) is 0.506. The van der Waals surface area contributed by atoms with E-state index in [1.54, 1.807) is 4.90 Å². The van der Waals surface area contributed by atoms with E-state index in [1.165, 1.54) is 0 Å². The maximum atomic E-state index is 13.6. The molecule has 0 bridgehead atoms. The van der Waals surface area contributed by atoms with Crippen LogP contribution in [-0.2, 0) is 4.79 Å². The minimum Gasteiger partial charge on any atom is -0.483 e. The molecule has 6 nitrogen and oxygen atoms in total. The Kier molecular flexibility index (Phi) is 5.73. The van der Waals surface area contributed by atoms with Crippen LogP contribution >= 0.6 is 0 Å². The first-order valence-corrected chi connectivity index (χ1v) is 11.4. The summed E-state index contributed by atoms with van der Waals surface area (Å²) >= 11 is 0. The third kappa shape index (κ3) is 4.16. The van der Waals surface area contributed by atoms with Gasteiger partial charge in [0.1, 0.15) is 11.9 Å². The van der Waals surface area contributed by atoms with Crippen LogP contribution in [0, 0.1) is 6.92 Å². The average Bonchev–Trinajstić information content (AvgIpc) is 3.38. The van der Waals surface area contributed by atoms with E-state index in [1.807, 2.05) is 84.6 Å². The Morgan fingerprint density at radius 1 is 1.00 bits per heavy atom. The summed E-state index contributed by atoms with van der Waals surface area (Å²) in [5, 5.41) is 3.52. The van der Waals surface area contributed by atoms with Gasteiger partial charge in [0.05, 0.1) is 5.56 Å². The van der Waals surface area contributed by atoms with Crippen molar-refractivity contribution < 1.29 is 14.3 Å². The molecule has 1 atom stereocenters. The van der Waals surface area contributed by atoms with Crippen molar-refractivity contribution in [3.8, 4) is 5.75 Å². The number of carbonyl (C=O) groups is 2. The zero-order valence-electron chi connectivity index (χ0n) is 18.7. The number of rotatable bonds is 5. The Balaban J connectivity index is 1.51. The molecule has 3 aromatic carbocycles. The van der Waals surface area contributed by atoms with Crippen LogP contribution in [0.25, 0.3) is 0 Å². The van der Waals surface area contributed by atoms with Crippen LogP contribution < -0.4 is 15.0 Å². The van der Waals surface area contributed by atoms with E-state index < -0.39 is 6.17 Å². The lowest BCUT2D eigenvalue weighted by atomic mass is 10.0. The van der Waals surface area contributed by atoms with Gasteiger partial charge in [0, 0.05) is 30.0 Å². The molecular formula is C27H27N3O3. The molecule has 6 heteroatoms. The van der Waals surface area contributed by atoms with Crippen LogP contribution in [0.4, 0.5) is 11.4 Å². The number of benzene rings is 3. The van der Waals surface area contributed by atoms with E-state index in [0.29, 0.717) is 11.3 Å². The van der Waals surface area contributed by atoms with E-state index in [2.05, 4.69) is 5.32 Å². The van der Waals surface area contributed by atoms with Crippen molar-refractivity contribution in [3.05, 3.63) is 89.5 Å². The van der Waals surface area contributed by atoms with Gasteiger partial charge in [-0.05, 0) is 55.7 Å². The molecular weight excluding hydrogens is 414 g/mol. The second kappa shape index (κ2) is 8.98. The molecule has 2 aliphatic rings. The fourth-order valence-corrected chi connectivity index (χ4v) is 4.55. The number of hydrogen-bond acceptors (Lipinski definition) is 4. The zero-order chi connectivity index (χ0) is 22.8. The number of ether oxygens (including phenoxy) is 1. The van der Waals surface area contributed by atoms with Gasteiger partial charge in [-0.15, -0.1) is 0 Å². The van der Waals surface area contributed by atoms with Crippen molar-refractivity contribution >= 4 is 23.2 Å². The molecule has 1 fully saturated rings. The summed E-state index contributed by atoms with van der Waals surface area (Å²) < 4.78 is 6.03. The highest BCUT2D eigenvalue weighted by Gasteiger charge is 2.35. The van der Waals surface area contributed by atoms with E-state index >= 15 is 0 Å². The van der Waals surface area contributed by atoms with Crippen molar-refractivity contribution in [2.75, 3.05) is 29.9 Å². The minimum atomic E-state index is -0.479. The largest absolute Gasteiger partial charge is 0.483 e. The van der Waals surface area contributed by atoms with Gasteiger partial charge < -0.3 is 15.0 Å². The minimum absolute atomic E-state index is 0.00383. The Hall–Kier alpha value is -3.80. The zero-order valence-corrected chi connectivity index (χ0v) is 18.7. The van der Waals surface area contributed by atoms with Crippen molar-refractivity contribution in [1.82, 2.24) is 4.90 Å². The number of anilines is 2. The second-order valence-corrected chi connectivity index (χ2v) is 8.52. The number of nitrogens with zero attached hydrogens (tertiary/aromatic N) is 2. The topological polar surface area (TPSA) is 61.9 Å². The highest BCUT2D eigenvalue weighted by Crippen LogP contribution is 2.39. The van der Waals surface area contributed by atoms with Crippen LogP contribution in [-0.4, -0.2) is 36.4 Å². The van der Waals surface area contributed by atoms with E-state index in [0.717, 1.165) is 48.4 Å². The van der Waals surface area contributed by atoms with E-state index in [9.17, 15) is 9.59 Å². The van der Waals surface area contributed by atoms with Crippen LogP contribution in [0.3, 0.4) is 0 Å². The highest BCUT2D eigenvalue weighted by atomic mass is 16.5. The number of carbonyl (C=O) groups excluding carboxylic acids is 2. The summed E-state index contributed by atoms with van der Waals surface area (Å²) in [7, 11) is 0. The molecule has 0 aromatic heterocycles. The maximum Gasteiger partial charge on any atom is 0.262 e. The number of amides is 2. The van der Waals surface area contributed by atoms with Crippen LogP contribution in [0.15, 0.2) is 72.8 Å². The molecule has 0 spiro atoms. The lowest BCUT2D eigenvalue weighted by molar-refractivity contribution is -0.132. The van der Waals surface area contributed by atoms with Gasteiger partial charge in [0.15, 0.2) is 6.61 Å². The fraction of sp³-hybridized carbons (Fsp3) is 0.259. The van der Waals surface area contributed by atoms with Gasteiger partial charge in [-0.1, -0.05) is 42.5 Å².